The molecule has 0 bridgehead atoms. The van der Waals surface area contributed by atoms with Crippen molar-refractivity contribution in [1.29, 1.82) is 0 Å². The second-order valence-electron chi connectivity index (χ2n) is 7.39. The molecule has 2 amide bonds. The number of aryl methyl sites for hydroxylation is 2. The molecular formula is C19H26N6OS. The summed E-state index contributed by atoms with van der Waals surface area (Å²) in [6.07, 6.45) is 6.29. The predicted octanol–water partition coefficient (Wildman–Crippen LogP) is 3.69. The number of amides is 2. The molecule has 2 aliphatic heterocycles. The Morgan fingerprint density at radius 3 is 2.70 bits per heavy atom. The molecule has 4 rings (SSSR count). The highest BCUT2D eigenvalue weighted by molar-refractivity contribution is 7.15. The lowest BCUT2D eigenvalue weighted by atomic mass is 10.0. The molecule has 0 radical (unpaired) electrons. The second kappa shape index (κ2) is 7.80. The second-order valence-corrected chi connectivity index (χ2v) is 8.62. The summed E-state index contributed by atoms with van der Waals surface area (Å²) in [5, 5.41) is 4.12. The predicted molar refractivity (Wildman–Crippen MR) is 107 cm³/mol. The molecular weight excluding hydrogens is 360 g/mol. The van der Waals surface area contributed by atoms with Crippen molar-refractivity contribution in [3.63, 3.8) is 0 Å². The van der Waals surface area contributed by atoms with Crippen LogP contribution >= 0.6 is 11.3 Å². The van der Waals surface area contributed by atoms with Crippen LogP contribution in [-0.4, -0.2) is 57.0 Å². The normalized spacial score (nSPS) is 20.1. The molecule has 2 saturated heterocycles. The molecule has 1 atom stereocenters. The van der Waals surface area contributed by atoms with Gasteiger partial charge in [0, 0.05) is 49.2 Å². The fourth-order valence-electron chi connectivity index (χ4n) is 3.85. The first-order valence-corrected chi connectivity index (χ1v) is 10.5. The van der Waals surface area contributed by atoms with Gasteiger partial charge in [0.05, 0.1) is 5.69 Å². The highest BCUT2D eigenvalue weighted by Gasteiger charge is 2.31. The topological polar surface area (TPSA) is 74.2 Å². The molecule has 8 heteroatoms. The Hall–Kier alpha value is -2.22. The fourth-order valence-corrected chi connectivity index (χ4v) is 4.52. The van der Waals surface area contributed by atoms with E-state index in [1.807, 2.05) is 35.9 Å². The molecule has 2 aromatic rings. The van der Waals surface area contributed by atoms with Crippen LogP contribution in [0.5, 0.6) is 0 Å². The molecule has 0 saturated carbocycles. The van der Waals surface area contributed by atoms with Gasteiger partial charge in [-0.1, -0.05) is 0 Å². The van der Waals surface area contributed by atoms with E-state index >= 15 is 0 Å². The molecule has 2 aromatic heterocycles. The van der Waals surface area contributed by atoms with Crippen molar-refractivity contribution in [3.05, 3.63) is 28.7 Å². The van der Waals surface area contributed by atoms with Gasteiger partial charge in [0.15, 0.2) is 5.13 Å². The lowest BCUT2D eigenvalue weighted by Gasteiger charge is -2.31. The van der Waals surface area contributed by atoms with Crippen molar-refractivity contribution < 1.29 is 4.79 Å². The van der Waals surface area contributed by atoms with Gasteiger partial charge in [-0.25, -0.2) is 19.7 Å². The number of thiazole rings is 1. The average Bonchev–Trinajstić information content (AvgIpc) is 3.31. The zero-order valence-corrected chi connectivity index (χ0v) is 16.8. The third kappa shape index (κ3) is 4.21. The quantitative estimate of drug-likeness (QED) is 0.871. The number of nitrogens with zero attached hydrogens (tertiary/aromatic N) is 5. The summed E-state index contributed by atoms with van der Waals surface area (Å²) in [6, 6.07) is 2.20. The maximum absolute atomic E-state index is 12.8. The van der Waals surface area contributed by atoms with Crippen LogP contribution in [0.25, 0.3) is 0 Å². The van der Waals surface area contributed by atoms with Gasteiger partial charge in [0.2, 0.25) is 0 Å². The minimum atomic E-state index is 0.194. The average molecular weight is 387 g/mol. The van der Waals surface area contributed by atoms with Gasteiger partial charge in [0.25, 0.3) is 0 Å². The third-order valence-electron chi connectivity index (χ3n) is 5.22. The van der Waals surface area contributed by atoms with Gasteiger partial charge >= 0.3 is 6.03 Å². The molecule has 0 unspecified atom stereocenters. The van der Waals surface area contributed by atoms with Crippen LogP contribution < -0.4 is 5.32 Å². The summed E-state index contributed by atoms with van der Waals surface area (Å²) in [4.78, 5) is 31.4. The van der Waals surface area contributed by atoms with E-state index in [9.17, 15) is 4.79 Å². The number of hydrogen-bond donors (Lipinski definition) is 1. The first-order valence-electron chi connectivity index (χ1n) is 9.67. The molecule has 2 fully saturated rings. The Kier molecular flexibility index (Phi) is 5.24. The van der Waals surface area contributed by atoms with E-state index in [0.29, 0.717) is 0 Å². The zero-order chi connectivity index (χ0) is 18.8. The van der Waals surface area contributed by atoms with E-state index in [1.54, 1.807) is 11.3 Å². The Morgan fingerprint density at radius 2 is 1.96 bits per heavy atom. The smallest absolute Gasteiger partial charge is 0.320 e. The number of anilines is 2. The molecule has 1 N–H and O–H groups in total. The maximum atomic E-state index is 12.8. The van der Waals surface area contributed by atoms with Gasteiger partial charge in [-0.2, -0.15) is 0 Å². The Bertz CT molecular complexity index is 816. The van der Waals surface area contributed by atoms with Crippen molar-refractivity contribution in [1.82, 2.24) is 24.8 Å². The van der Waals surface area contributed by atoms with Gasteiger partial charge in [-0.15, -0.1) is 11.3 Å². The van der Waals surface area contributed by atoms with Gasteiger partial charge < -0.3 is 15.1 Å². The largest absolute Gasteiger partial charge is 0.325 e. The van der Waals surface area contributed by atoms with Crippen LogP contribution in [0.2, 0.25) is 0 Å². The molecule has 0 spiro atoms. The summed E-state index contributed by atoms with van der Waals surface area (Å²) < 4.78 is 0. The molecule has 0 aromatic carbocycles. The summed E-state index contributed by atoms with van der Waals surface area (Å²) in [7, 11) is 0. The fraction of sp³-hybridized carbons (Fsp3) is 0.579. The van der Waals surface area contributed by atoms with Crippen LogP contribution in [-0.2, 0) is 0 Å². The minimum absolute atomic E-state index is 0.194. The number of carbonyl (C=O) groups is 1. The van der Waals surface area contributed by atoms with E-state index in [2.05, 4.69) is 20.3 Å². The number of carbonyl (C=O) groups excluding carboxylic acids is 1. The summed E-state index contributed by atoms with van der Waals surface area (Å²) in [6.45, 7) is 7.28. The molecule has 7 nitrogen and oxygen atoms in total. The molecule has 27 heavy (non-hydrogen) atoms. The number of rotatable bonds is 3. The zero-order valence-electron chi connectivity index (χ0n) is 15.9. The molecule has 144 valence electrons. The van der Waals surface area contributed by atoms with E-state index < -0.39 is 0 Å². The van der Waals surface area contributed by atoms with Crippen LogP contribution in [0.15, 0.2) is 12.3 Å². The summed E-state index contributed by atoms with van der Waals surface area (Å²) in [5.74, 6) is 1.77. The van der Waals surface area contributed by atoms with Crippen LogP contribution in [0.4, 0.5) is 15.7 Å². The van der Waals surface area contributed by atoms with Gasteiger partial charge in [-0.3, -0.25) is 0 Å². The number of piperidine rings is 1. The van der Waals surface area contributed by atoms with Crippen molar-refractivity contribution in [3.8, 4) is 0 Å². The lowest BCUT2D eigenvalue weighted by molar-refractivity contribution is 0.152. The lowest BCUT2D eigenvalue weighted by Crippen LogP contribution is -2.44. The first-order chi connectivity index (χ1) is 13.1. The number of hydrogen-bond acceptors (Lipinski definition) is 6. The van der Waals surface area contributed by atoms with Gasteiger partial charge in [0.1, 0.15) is 11.6 Å². The van der Waals surface area contributed by atoms with Crippen molar-refractivity contribution in [2.24, 2.45) is 0 Å². The molecule has 4 heterocycles. The molecule has 0 aliphatic carbocycles. The van der Waals surface area contributed by atoms with Crippen molar-refractivity contribution >= 4 is 28.3 Å². The Labute approximate surface area is 163 Å². The highest BCUT2D eigenvalue weighted by atomic mass is 32.1. The maximum Gasteiger partial charge on any atom is 0.320 e. The highest BCUT2D eigenvalue weighted by Crippen LogP contribution is 2.29. The monoisotopic (exact) mass is 386 g/mol. The van der Waals surface area contributed by atoms with Crippen LogP contribution in [0, 0.1) is 13.8 Å². The third-order valence-corrected chi connectivity index (χ3v) is 6.05. The summed E-state index contributed by atoms with van der Waals surface area (Å²) in [5.41, 5.74) is 1.01. The molecule has 2 aliphatic rings. The Balaban J connectivity index is 1.44. The van der Waals surface area contributed by atoms with E-state index in [0.717, 1.165) is 72.8 Å². The van der Waals surface area contributed by atoms with Gasteiger partial charge in [-0.05, 0) is 39.5 Å². The first kappa shape index (κ1) is 18.2. The van der Waals surface area contributed by atoms with E-state index in [1.165, 1.54) is 6.42 Å². The SMILES string of the molecule is Cc1nc(Nc2ncc(C)s2)cc([C@@H]2CCN(C(=O)N3CCCCC3)C2)n1. The summed E-state index contributed by atoms with van der Waals surface area (Å²) >= 11 is 1.61. The van der Waals surface area contributed by atoms with Crippen LogP contribution in [0.3, 0.4) is 0 Å². The Morgan fingerprint density at radius 1 is 1.15 bits per heavy atom. The van der Waals surface area contributed by atoms with E-state index in [4.69, 9.17) is 0 Å². The van der Waals surface area contributed by atoms with Crippen molar-refractivity contribution in [2.45, 2.75) is 45.4 Å². The standard InChI is InChI=1S/C19H26N6OS/c1-13-11-20-18(27-13)23-17-10-16(21-14(2)22-17)15-6-9-25(12-15)19(26)24-7-4-3-5-8-24/h10-11,15H,3-9,12H2,1-2H3,(H,20,21,22,23)/t15-/m1/s1. The number of likely N-dealkylation sites (tertiary alicyclic amines) is 2. The number of nitrogens with one attached hydrogen (secondary N) is 1. The number of aromatic nitrogens is 3. The minimum Gasteiger partial charge on any atom is -0.325 e. The van der Waals surface area contributed by atoms with Crippen molar-refractivity contribution in [2.75, 3.05) is 31.5 Å². The number of urea groups is 1. The van der Waals surface area contributed by atoms with E-state index in [-0.39, 0.29) is 11.9 Å². The van der Waals surface area contributed by atoms with Crippen LogP contribution in [0.1, 0.15) is 48.0 Å².